The van der Waals surface area contributed by atoms with E-state index in [0.29, 0.717) is 44.6 Å². The molecule has 0 atom stereocenters. The molecule has 0 aliphatic carbocycles. The number of piperidine rings is 1. The van der Waals surface area contributed by atoms with Crippen LogP contribution in [0.25, 0.3) is 22.2 Å². The first-order valence-corrected chi connectivity index (χ1v) is 12.5. The van der Waals surface area contributed by atoms with Crippen molar-refractivity contribution >= 4 is 52.1 Å². The Bertz CT molecular complexity index is 1380. The van der Waals surface area contributed by atoms with Crippen LogP contribution in [0.1, 0.15) is 12.8 Å². The summed E-state index contributed by atoms with van der Waals surface area (Å²) in [6.07, 6.45) is 1.54. The van der Waals surface area contributed by atoms with Crippen molar-refractivity contribution in [3.05, 3.63) is 70.7 Å². The predicted octanol–water partition coefficient (Wildman–Crippen LogP) is 6.94. The van der Waals surface area contributed by atoms with Crippen molar-refractivity contribution in [2.75, 3.05) is 37.4 Å². The van der Waals surface area contributed by atoms with Crippen molar-refractivity contribution in [2.24, 2.45) is 0 Å². The van der Waals surface area contributed by atoms with Crippen LogP contribution in [-0.2, 0) is 0 Å². The highest BCUT2D eigenvalue weighted by molar-refractivity contribution is 6.36. The number of ether oxygens (including phenoxy) is 1. The van der Waals surface area contributed by atoms with Gasteiger partial charge in [-0.3, -0.25) is 5.32 Å². The van der Waals surface area contributed by atoms with Gasteiger partial charge in [-0.15, -0.1) is 0 Å². The van der Waals surface area contributed by atoms with Gasteiger partial charge in [0.2, 0.25) is 0 Å². The fourth-order valence-corrected chi connectivity index (χ4v) is 4.88. The molecule has 1 fully saturated rings. The van der Waals surface area contributed by atoms with Crippen molar-refractivity contribution < 1.29 is 13.9 Å². The molecule has 0 bridgehead atoms. The summed E-state index contributed by atoms with van der Waals surface area (Å²) in [5, 5.41) is 3.88. The Balaban J connectivity index is 1.23. The van der Waals surface area contributed by atoms with Gasteiger partial charge >= 0.3 is 6.09 Å². The molecule has 1 aliphatic rings. The number of rotatable bonds is 5. The number of amides is 1. The molecular formula is C27H26Cl2N4O3. The first kappa shape index (κ1) is 24.4. The first-order valence-electron chi connectivity index (χ1n) is 11.7. The summed E-state index contributed by atoms with van der Waals surface area (Å²) < 4.78 is 11.4. The van der Waals surface area contributed by atoms with E-state index in [1.807, 2.05) is 25.2 Å². The third kappa shape index (κ3) is 5.43. The lowest BCUT2D eigenvalue weighted by Gasteiger charge is -2.34. The molecule has 2 heterocycles. The van der Waals surface area contributed by atoms with E-state index in [-0.39, 0.29) is 0 Å². The molecule has 0 spiro atoms. The maximum absolute atomic E-state index is 12.5. The topological polar surface area (TPSA) is 70.8 Å². The number of nitrogens with one attached hydrogen (secondary N) is 1. The molecule has 1 saturated heterocycles. The highest BCUT2D eigenvalue weighted by Crippen LogP contribution is 2.32. The number of oxazole rings is 1. The lowest BCUT2D eigenvalue weighted by atomic mass is 10.0. The van der Waals surface area contributed by atoms with Gasteiger partial charge in [-0.05, 0) is 81.0 Å². The van der Waals surface area contributed by atoms with Crippen molar-refractivity contribution in [1.29, 1.82) is 0 Å². The molecule has 1 aromatic heterocycles. The maximum atomic E-state index is 12.5. The summed E-state index contributed by atoms with van der Waals surface area (Å²) in [4.78, 5) is 21.6. The Morgan fingerprint density at radius 3 is 2.56 bits per heavy atom. The van der Waals surface area contributed by atoms with E-state index in [1.54, 1.807) is 42.5 Å². The average molecular weight is 525 g/mol. The van der Waals surface area contributed by atoms with Gasteiger partial charge in [0.25, 0.3) is 6.01 Å². The number of hydrogen-bond donors (Lipinski definition) is 1. The molecule has 5 rings (SSSR count). The minimum Gasteiger partial charge on any atom is -0.423 e. The Morgan fingerprint density at radius 1 is 1.08 bits per heavy atom. The number of hydrogen-bond acceptors (Lipinski definition) is 6. The molecule has 7 nitrogen and oxygen atoms in total. The Hall–Kier alpha value is -3.26. The molecule has 1 N–H and O–H groups in total. The molecule has 0 radical (unpaired) electrons. The van der Waals surface area contributed by atoms with Crippen LogP contribution >= 0.6 is 23.2 Å². The van der Waals surface area contributed by atoms with E-state index < -0.39 is 6.09 Å². The van der Waals surface area contributed by atoms with Crippen LogP contribution in [0.2, 0.25) is 10.0 Å². The quantitative estimate of drug-likeness (QED) is 0.304. The number of halogens is 2. The minimum atomic E-state index is -0.598. The first-order chi connectivity index (χ1) is 17.4. The molecule has 4 aromatic rings. The summed E-state index contributed by atoms with van der Waals surface area (Å²) in [7, 11) is 4.16. The van der Waals surface area contributed by atoms with Crippen LogP contribution in [0.4, 0.5) is 16.5 Å². The van der Waals surface area contributed by atoms with Gasteiger partial charge in [-0.25, -0.2) is 4.79 Å². The molecule has 1 aliphatic heterocycles. The zero-order valence-corrected chi connectivity index (χ0v) is 21.5. The molecule has 1 amide bonds. The van der Waals surface area contributed by atoms with Crippen LogP contribution in [0.15, 0.2) is 65.1 Å². The van der Waals surface area contributed by atoms with E-state index >= 15 is 0 Å². The van der Waals surface area contributed by atoms with E-state index in [4.69, 9.17) is 32.4 Å². The number of likely N-dealkylation sites (tertiary alicyclic amines) is 1. The zero-order chi connectivity index (χ0) is 25.2. The van der Waals surface area contributed by atoms with Crippen LogP contribution in [0, 0.1) is 0 Å². The van der Waals surface area contributed by atoms with Crippen molar-refractivity contribution in [2.45, 2.75) is 18.9 Å². The molecule has 9 heteroatoms. The average Bonchev–Trinajstić information content (AvgIpc) is 3.28. The highest BCUT2D eigenvalue weighted by atomic mass is 35.5. The third-order valence-corrected chi connectivity index (χ3v) is 7.02. The van der Waals surface area contributed by atoms with Gasteiger partial charge in [-0.2, -0.15) is 4.98 Å². The van der Waals surface area contributed by atoms with Crippen LogP contribution in [0.5, 0.6) is 5.75 Å². The largest absolute Gasteiger partial charge is 0.423 e. The number of fused-ring (bicyclic) bond motifs is 1. The Labute approximate surface area is 219 Å². The summed E-state index contributed by atoms with van der Waals surface area (Å²) >= 11 is 12.3. The number of nitrogens with zero attached hydrogens (tertiary/aromatic N) is 3. The number of benzene rings is 3. The van der Waals surface area contributed by atoms with Crippen molar-refractivity contribution in [1.82, 2.24) is 9.88 Å². The summed E-state index contributed by atoms with van der Waals surface area (Å²) in [5.41, 5.74) is 3.64. The van der Waals surface area contributed by atoms with E-state index in [2.05, 4.69) is 27.1 Å². The van der Waals surface area contributed by atoms with Crippen LogP contribution < -0.4 is 15.0 Å². The van der Waals surface area contributed by atoms with Gasteiger partial charge in [0.1, 0.15) is 11.3 Å². The van der Waals surface area contributed by atoms with Gasteiger partial charge in [-0.1, -0.05) is 41.4 Å². The SMILES string of the molecule is CN1CCC(N(C)c2nc3cc(NC(=O)Oc4ccc(-c5ccc(Cl)cc5Cl)cc4)ccc3o2)CC1. The van der Waals surface area contributed by atoms with Gasteiger partial charge in [0.05, 0.1) is 0 Å². The fraction of sp³-hybridized carbons (Fsp3) is 0.259. The third-order valence-electron chi connectivity index (χ3n) is 6.47. The van der Waals surface area contributed by atoms with Gasteiger partial charge in [0.15, 0.2) is 5.58 Å². The minimum absolute atomic E-state index is 0.393. The zero-order valence-electron chi connectivity index (χ0n) is 20.0. The second-order valence-corrected chi connectivity index (χ2v) is 9.83. The normalized spacial score (nSPS) is 14.7. The summed E-state index contributed by atoms with van der Waals surface area (Å²) in [5.74, 6) is 0.408. The van der Waals surface area contributed by atoms with E-state index in [0.717, 1.165) is 37.1 Å². The fourth-order valence-electron chi connectivity index (χ4n) is 4.36. The Morgan fingerprint density at radius 2 is 1.83 bits per heavy atom. The monoisotopic (exact) mass is 524 g/mol. The molecule has 0 saturated carbocycles. The smallest absolute Gasteiger partial charge is 0.417 e. The number of aromatic nitrogens is 1. The van der Waals surface area contributed by atoms with Gasteiger partial charge < -0.3 is 19.0 Å². The predicted molar refractivity (Wildman–Crippen MR) is 144 cm³/mol. The van der Waals surface area contributed by atoms with E-state index in [1.165, 1.54) is 0 Å². The lowest BCUT2D eigenvalue weighted by Crippen LogP contribution is -2.42. The number of carbonyl (C=O) groups is 1. The van der Waals surface area contributed by atoms with E-state index in [9.17, 15) is 4.79 Å². The molecule has 36 heavy (non-hydrogen) atoms. The highest BCUT2D eigenvalue weighted by Gasteiger charge is 2.24. The molecule has 3 aromatic carbocycles. The van der Waals surface area contributed by atoms with Crippen LogP contribution in [0.3, 0.4) is 0 Å². The van der Waals surface area contributed by atoms with Gasteiger partial charge in [0, 0.05) is 34.4 Å². The van der Waals surface area contributed by atoms with Crippen molar-refractivity contribution in [3.63, 3.8) is 0 Å². The Kier molecular flexibility index (Phi) is 7.05. The molecule has 0 unspecified atom stereocenters. The number of carbonyl (C=O) groups excluding carboxylic acids is 1. The second kappa shape index (κ2) is 10.4. The molecule has 186 valence electrons. The standard InChI is InChI=1S/C27H26Cl2N4O3/c1-32-13-11-20(12-14-32)33(2)26-31-24-16-19(6-10-25(24)36-26)30-27(34)35-21-7-3-17(4-8-21)22-9-5-18(28)15-23(22)29/h3-10,15-16,20H,11-14H2,1-2H3,(H,30,34). The van der Waals surface area contributed by atoms with Crippen molar-refractivity contribution in [3.8, 4) is 16.9 Å². The van der Waals surface area contributed by atoms with Crippen LogP contribution in [-0.4, -0.2) is 49.2 Å². The summed E-state index contributed by atoms with van der Waals surface area (Å²) in [6, 6.07) is 18.7. The molecular weight excluding hydrogens is 499 g/mol. The number of anilines is 2. The summed E-state index contributed by atoms with van der Waals surface area (Å²) in [6.45, 7) is 2.12. The second-order valence-electron chi connectivity index (χ2n) is 8.99. The lowest BCUT2D eigenvalue weighted by molar-refractivity contribution is 0.215. The maximum Gasteiger partial charge on any atom is 0.417 e.